The molecule has 0 saturated heterocycles. The molecule has 1 saturated carbocycles. The molecule has 3 aromatic rings. The zero-order valence-electron chi connectivity index (χ0n) is 22.9. The van der Waals surface area contributed by atoms with Gasteiger partial charge in [0.05, 0.1) is 46.4 Å². The van der Waals surface area contributed by atoms with Crippen LogP contribution in [0, 0.1) is 17.2 Å². The summed E-state index contributed by atoms with van der Waals surface area (Å²) in [5, 5.41) is 18.7. The number of hydrogen-bond acceptors (Lipinski definition) is 5. The number of rotatable bonds is 8. The van der Waals surface area contributed by atoms with Crippen LogP contribution >= 0.6 is 0 Å². The molecule has 0 aliphatic heterocycles. The fourth-order valence-electron chi connectivity index (χ4n) is 4.85. The molecule has 1 aliphatic rings. The maximum atomic E-state index is 13.7. The molecule has 0 atom stereocenters. The number of hydrazine groups is 1. The highest BCUT2D eigenvalue weighted by Gasteiger charge is 2.34. The number of nitrogens with zero attached hydrogens (tertiary/aromatic N) is 5. The lowest BCUT2D eigenvalue weighted by molar-refractivity contribution is -0.137. The zero-order valence-corrected chi connectivity index (χ0v) is 22.9. The first-order chi connectivity index (χ1) is 19.5. The molecular weight excluding hydrogens is 533 g/mol. The molecule has 1 heterocycles. The summed E-state index contributed by atoms with van der Waals surface area (Å²) >= 11 is 0. The number of halogens is 3. The number of anilines is 1. The largest absolute Gasteiger partial charge is 0.416 e. The first-order valence-electron chi connectivity index (χ1n) is 13.2. The van der Waals surface area contributed by atoms with Crippen molar-refractivity contribution in [3.05, 3.63) is 89.8 Å². The average molecular weight is 565 g/mol. The van der Waals surface area contributed by atoms with E-state index < -0.39 is 23.6 Å². The monoisotopic (exact) mass is 564 g/mol. The third-order valence-corrected chi connectivity index (χ3v) is 7.19. The fraction of sp³-hybridized carbons (Fsp3) is 0.333. The van der Waals surface area contributed by atoms with Crippen LogP contribution in [0.4, 0.5) is 18.9 Å². The predicted molar refractivity (Wildman–Crippen MR) is 147 cm³/mol. The topological polar surface area (TPSA) is 94.3 Å². The summed E-state index contributed by atoms with van der Waals surface area (Å²) in [6.07, 6.45) is 0.393. The maximum Gasteiger partial charge on any atom is 0.416 e. The number of benzene rings is 2. The number of nitriles is 1. The molecule has 8 nitrogen and oxygen atoms in total. The highest BCUT2D eigenvalue weighted by Crippen LogP contribution is 2.32. The van der Waals surface area contributed by atoms with E-state index >= 15 is 0 Å². The molecule has 1 N–H and O–H groups in total. The second kappa shape index (κ2) is 12.4. The Morgan fingerprint density at radius 1 is 1.12 bits per heavy atom. The lowest BCUT2D eigenvalue weighted by Gasteiger charge is -2.33. The molecule has 0 bridgehead atoms. The minimum atomic E-state index is -4.63. The van der Waals surface area contributed by atoms with E-state index in [0.29, 0.717) is 22.9 Å². The molecule has 0 unspecified atom stereocenters. The van der Waals surface area contributed by atoms with E-state index in [0.717, 1.165) is 42.8 Å². The van der Waals surface area contributed by atoms with Gasteiger partial charge in [-0.2, -0.15) is 23.5 Å². The standard InChI is InChI=1S/C30H31F3N6O2/c1-20-7-11-24(12-8-20)36-28(40)21(2)29(41)39(26-6-4-5-23(17-26)30(31,32)33)37(3)19-27-15-16-35-38(27)25-13-9-22(18-34)10-14-25/h4-6,9-10,13-17,20,24H,2,7-8,11-12,19H2,1,3H3,(H,36,40). The van der Waals surface area contributed by atoms with Gasteiger partial charge in [0.15, 0.2) is 0 Å². The van der Waals surface area contributed by atoms with Gasteiger partial charge in [-0.25, -0.2) is 14.7 Å². The van der Waals surface area contributed by atoms with Gasteiger partial charge in [-0.15, -0.1) is 0 Å². The van der Waals surface area contributed by atoms with Crippen LogP contribution in [0.1, 0.15) is 49.4 Å². The lowest BCUT2D eigenvalue weighted by atomic mass is 9.87. The van der Waals surface area contributed by atoms with Crippen LogP contribution in [0.2, 0.25) is 0 Å². The lowest BCUT2D eigenvalue weighted by Crippen LogP contribution is -2.48. The van der Waals surface area contributed by atoms with Gasteiger partial charge in [-0.1, -0.05) is 19.6 Å². The fourth-order valence-corrected chi connectivity index (χ4v) is 4.85. The third kappa shape index (κ3) is 7.02. The van der Waals surface area contributed by atoms with Crippen LogP contribution in [0.3, 0.4) is 0 Å². The van der Waals surface area contributed by atoms with E-state index in [1.807, 2.05) is 0 Å². The van der Waals surface area contributed by atoms with E-state index in [2.05, 4.69) is 30.0 Å². The van der Waals surface area contributed by atoms with Crippen LogP contribution in [-0.4, -0.2) is 39.7 Å². The molecule has 2 aromatic carbocycles. The van der Waals surface area contributed by atoms with Crippen molar-refractivity contribution in [3.63, 3.8) is 0 Å². The normalized spacial score (nSPS) is 17.1. The summed E-state index contributed by atoms with van der Waals surface area (Å²) in [6, 6.07) is 14.7. The van der Waals surface area contributed by atoms with E-state index in [1.165, 1.54) is 24.2 Å². The molecule has 41 heavy (non-hydrogen) atoms. The van der Waals surface area contributed by atoms with Gasteiger partial charge in [-0.3, -0.25) is 9.59 Å². The second-order valence-electron chi connectivity index (χ2n) is 10.3. The summed E-state index contributed by atoms with van der Waals surface area (Å²) in [7, 11) is 1.53. The van der Waals surface area contributed by atoms with Gasteiger partial charge in [0.2, 0.25) is 0 Å². The summed E-state index contributed by atoms with van der Waals surface area (Å²) in [4.78, 5) is 26.8. The SMILES string of the molecule is C=C(C(=O)NC1CCC(C)CC1)C(=O)N(c1cccc(C(F)(F)F)c1)N(C)Cc1ccnn1-c1ccc(C#N)cc1. The smallest absolute Gasteiger partial charge is 0.349 e. The van der Waals surface area contributed by atoms with Gasteiger partial charge in [-0.05, 0) is 80.1 Å². The summed E-state index contributed by atoms with van der Waals surface area (Å²) < 4.78 is 42.3. The van der Waals surface area contributed by atoms with Crippen molar-refractivity contribution < 1.29 is 22.8 Å². The summed E-state index contributed by atoms with van der Waals surface area (Å²) in [5.74, 6) is -0.934. The van der Waals surface area contributed by atoms with Crippen molar-refractivity contribution in [1.29, 1.82) is 5.26 Å². The molecule has 2 amide bonds. The molecule has 0 radical (unpaired) electrons. The van der Waals surface area contributed by atoms with E-state index in [-0.39, 0.29) is 23.8 Å². The van der Waals surface area contributed by atoms with Gasteiger partial charge < -0.3 is 5.32 Å². The molecular formula is C30H31F3N6O2. The Morgan fingerprint density at radius 2 is 1.80 bits per heavy atom. The third-order valence-electron chi connectivity index (χ3n) is 7.19. The van der Waals surface area contributed by atoms with Crippen LogP contribution < -0.4 is 10.3 Å². The highest BCUT2D eigenvalue weighted by molar-refractivity contribution is 6.22. The highest BCUT2D eigenvalue weighted by atomic mass is 19.4. The molecule has 1 fully saturated rings. The quantitative estimate of drug-likeness (QED) is 0.171. The number of aromatic nitrogens is 2. The number of amides is 2. The zero-order chi connectivity index (χ0) is 29.7. The van der Waals surface area contributed by atoms with Gasteiger partial charge in [0.1, 0.15) is 0 Å². The summed E-state index contributed by atoms with van der Waals surface area (Å²) in [6.45, 7) is 5.91. The van der Waals surface area contributed by atoms with Crippen molar-refractivity contribution in [3.8, 4) is 11.8 Å². The Hall–Kier alpha value is -4.43. The Kier molecular flexibility index (Phi) is 8.93. The number of alkyl halides is 3. The van der Waals surface area contributed by atoms with Crippen LogP contribution in [0.5, 0.6) is 0 Å². The average Bonchev–Trinajstić information content (AvgIpc) is 3.41. The maximum absolute atomic E-state index is 13.7. The van der Waals surface area contributed by atoms with Crippen LogP contribution in [-0.2, 0) is 22.3 Å². The minimum Gasteiger partial charge on any atom is -0.349 e. The van der Waals surface area contributed by atoms with Crippen molar-refractivity contribution in [1.82, 2.24) is 20.1 Å². The van der Waals surface area contributed by atoms with Crippen LogP contribution in [0.15, 0.2) is 72.9 Å². The Balaban J connectivity index is 1.62. The summed E-state index contributed by atoms with van der Waals surface area (Å²) in [5.41, 5.74) is 0.342. The van der Waals surface area contributed by atoms with E-state index in [9.17, 15) is 22.8 Å². The Labute approximate surface area is 236 Å². The van der Waals surface area contributed by atoms with Crippen molar-refractivity contribution >= 4 is 17.5 Å². The second-order valence-corrected chi connectivity index (χ2v) is 10.3. The number of carbonyl (C=O) groups excluding carboxylic acids is 2. The Morgan fingerprint density at radius 3 is 2.44 bits per heavy atom. The molecule has 4 rings (SSSR count). The molecule has 1 aliphatic carbocycles. The van der Waals surface area contributed by atoms with Gasteiger partial charge in [0, 0.05) is 19.3 Å². The number of nitrogens with one attached hydrogen (secondary N) is 1. The van der Waals surface area contributed by atoms with Crippen molar-refractivity contribution in [2.24, 2.45) is 5.92 Å². The van der Waals surface area contributed by atoms with Gasteiger partial charge in [0.25, 0.3) is 11.8 Å². The Bertz CT molecular complexity index is 1450. The predicted octanol–water partition coefficient (Wildman–Crippen LogP) is 5.39. The van der Waals surface area contributed by atoms with Crippen LogP contribution in [0.25, 0.3) is 5.69 Å². The number of hydrogen-bond donors (Lipinski definition) is 1. The molecule has 214 valence electrons. The van der Waals surface area contributed by atoms with Crippen molar-refractivity contribution in [2.75, 3.05) is 12.1 Å². The first kappa shape index (κ1) is 29.6. The number of carbonyl (C=O) groups is 2. The molecule has 1 aromatic heterocycles. The van der Waals surface area contributed by atoms with Crippen molar-refractivity contribution in [2.45, 2.75) is 51.4 Å². The van der Waals surface area contributed by atoms with Gasteiger partial charge >= 0.3 is 6.18 Å². The minimum absolute atomic E-state index is 0.0391. The molecule has 0 spiro atoms. The van der Waals surface area contributed by atoms with E-state index in [4.69, 9.17) is 5.26 Å². The molecule has 11 heteroatoms. The first-order valence-corrected chi connectivity index (χ1v) is 13.2. The van der Waals surface area contributed by atoms with E-state index in [1.54, 1.807) is 41.2 Å².